The molecule has 0 fully saturated rings. The summed E-state index contributed by atoms with van der Waals surface area (Å²) in [6.07, 6.45) is 4.33. The highest BCUT2D eigenvalue weighted by Crippen LogP contribution is 2.30. The lowest BCUT2D eigenvalue weighted by Gasteiger charge is -2.19. The van der Waals surface area contributed by atoms with Gasteiger partial charge in [0.2, 0.25) is 0 Å². The number of hydrazine groups is 1. The lowest BCUT2D eigenvalue weighted by molar-refractivity contribution is 0.388. The molecule has 108 valence electrons. The number of aryl methyl sites for hydroxylation is 1. The van der Waals surface area contributed by atoms with Gasteiger partial charge in [0, 0.05) is 31.4 Å². The molecular weight excluding hydrogens is 256 g/mol. The number of hydrogen-bond donors (Lipinski definition) is 2. The first-order valence-corrected chi connectivity index (χ1v) is 6.33. The summed E-state index contributed by atoms with van der Waals surface area (Å²) in [5.41, 5.74) is 3.76. The number of hydrogen-bond acceptors (Lipinski definition) is 5. The number of aromatic nitrogens is 2. The van der Waals surface area contributed by atoms with E-state index in [2.05, 4.69) is 10.4 Å². The number of rotatable bonds is 6. The van der Waals surface area contributed by atoms with Gasteiger partial charge in [0.1, 0.15) is 17.3 Å². The molecule has 0 aliphatic carbocycles. The van der Waals surface area contributed by atoms with Crippen LogP contribution in [0.1, 0.15) is 17.4 Å². The Hall–Kier alpha value is -2.05. The largest absolute Gasteiger partial charge is 0.497 e. The SMILES string of the molecule is COc1ccc(OC)c(C(Cc2nccn2C)NN)c1. The predicted molar refractivity (Wildman–Crippen MR) is 76.5 cm³/mol. The van der Waals surface area contributed by atoms with E-state index in [4.69, 9.17) is 15.3 Å². The van der Waals surface area contributed by atoms with Crippen LogP contribution in [0.3, 0.4) is 0 Å². The van der Waals surface area contributed by atoms with Crippen LogP contribution >= 0.6 is 0 Å². The Bertz CT molecular complexity index is 568. The van der Waals surface area contributed by atoms with E-state index in [1.807, 2.05) is 36.0 Å². The Morgan fingerprint density at radius 1 is 1.35 bits per heavy atom. The van der Waals surface area contributed by atoms with E-state index in [9.17, 15) is 0 Å². The summed E-state index contributed by atoms with van der Waals surface area (Å²) < 4.78 is 12.6. The number of nitrogens with zero attached hydrogens (tertiary/aromatic N) is 2. The van der Waals surface area contributed by atoms with Gasteiger partial charge in [-0.3, -0.25) is 11.3 Å². The first-order valence-electron chi connectivity index (χ1n) is 6.33. The fourth-order valence-corrected chi connectivity index (χ4v) is 2.15. The number of imidazole rings is 1. The molecule has 1 heterocycles. The lowest BCUT2D eigenvalue weighted by Crippen LogP contribution is -2.30. The Balaban J connectivity index is 2.33. The minimum absolute atomic E-state index is 0.110. The van der Waals surface area contributed by atoms with Crippen molar-refractivity contribution in [3.63, 3.8) is 0 Å². The van der Waals surface area contributed by atoms with Crippen LogP contribution in [0.2, 0.25) is 0 Å². The molecule has 0 bridgehead atoms. The summed E-state index contributed by atoms with van der Waals surface area (Å²) in [5, 5.41) is 0. The number of ether oxygens (including phenoxy) is 2. The van der Waals surface area contributed by atoms with Crippen molar-refractivity contribution in [1.29, 1.82) is 0 Å². The molecule has 0 radical (unpaired) electrons. The van der Waals surface area contributed by atoms with Crippen LogP contribution in [-0.2, 0) is 13.5 Å². The van der Waals surface area contributed by atoms with Crippen molar-refractivity contribution >= 4 is 0 Å². The van der Waals surface area contributed by atoms with Crippen molar-refractivity contribution in [2.45, 2.75) is 12.5 Å². The third kappa shape index (κ3) is 2.92. The Labute approximate surface area is 118 Å². The Morgan fingerprint density at radius 2 is 2.15 bits per heavy atom. The van der Waals surface area contributed by atoms with Crippen molar-refractivity contribution < 1.29 is 9.47 Å². The van der Waals surface area contributed by atoms with Crippen molar-refractivity contribution in [1.82, 2.24) is 15.0 Å². The average Bonchev–Trinajstić information content (AvgIpc) is 2.89. The molecule has 1 aromatic carbocycles. The minimum atomic E-state index is -0.110. The Kier molecular flexibility index (Phi) is 4.60. The van der Waals surface area contributed by atoms with Crippen LogP contribution in [0.15, 0.2) is 30.6 Å². The molecule has 1 unspecified atom stereocenters. The van der Waals surface area contributed by atoms with Gasteiger partial charge in [0.05, 0.1) is 20.3 Å². The van der Waals surface area contributed by atoms with Gasteiger partial charge in [-0.05, 0) is 18.2 Å². The molecule has 1 aromatic heterocycles. The standard InChI is InChI=1S/C14H20N4O2/c1-18-7-6-16-14(18)9-12(17-15)11-8-10(19-2)4-5-13(11)20-3/h4-8,12,17H,9,15H2,1-3H3. The first kappa shape index (κ1) is 14.4. The van der Waals surface area contributed by atoms with Crippen LogP contribution in [0.5, 0.6) is 11.5 Å². The lowest BCUT2D eigenvalue weighted by atomic mass is 10.0. The molecule has 0 aliphatic rings. The van der Waals surface area contributed by atoms with Crippen LogP contribution in [-0.4, -0.2) is 23.8 Å². The molecule has 0 saturated carbocycles. The molecule has 2 aromatic rings. The maximum Gasteiger partial charge on any atom is 0.123 e. The zero-order valence-electron chi connectivity index (χ0n) is 12.0. The first-order chi connectivity index (χ1) is 9.69. The van der Waals surface area contributed by atoms with Crippen molar-refractivity contribution in [3.8, 4) is 11.5 Å². The highest BCUT2D eigenvalue weighted by Gasteiger charge is 2.18. The van der Waals surface area contributed by atoms with E-state index in [0.29, 0.717) is 6.42 Å². The van der Waals surface area contributed by atoms with Gasteiger partial charge in [-0.15, -0.1) is 0 Å². The van der Waals surface area contributed by atoms with Crippen molar-refractivity contribution in [2.24, 2.45) is 12.9 Å². The summed E-state index contributed by atoms with van der Waals surface area (Å²) in [6, 6.07) is 5.54. The van der Waals surface area contributed by atoms with Crippen LogP contribution in [0.25, 0.3) is 0 Å². The molecule has 6 nitrogen and oxygen atoms in total. The topological polar surface area (TPSA) is 74.3 Å². The molecule has 0 amide bonds. The van der Waals surface area contributed by atoms with E-state index >= 15 is 0 Å². The van der Waals surface area contributed by atoms with Gasteiger partial charge >= 0.3 is 0 Å². The zero-order valence-corrected chi connectivity index (χ0v) is 12.0. The van der Waals surface area contributed by atoms with E-state index in [-0.39, 0.29) is 6.04 Å². The van der Waals surface area contributed by atoms with Crippen molar-refractivity contribution in [3.05, 3.63) is 42.0 Å². The number of methoxy groups -OCH3 is 2. The molecule has 0 aliphatic heterocycles. The monoisotopic (exact) mass is 276 g/mol. The highest BCUT2D eigenvalue weighted by molar-refractivity contribution is 5.42. The second kappa shape index (κ2) is 6.40. The molecule has 20 heavy (non-hydrogen) atoms. The van der Waals surface area contributed by atoms with Gasteiger partial charge in [0.25, 0.3) is 0 Å². The molecule has 6 heteroatoms. The fraction of sp³-hybridized carbons (Fsp3) is 0.357. The van der Waals surface area contributed by atoms with Gasteiger partial charge in [0.15, 0.2) is 0 Å². The highest BCUT2D eigenvalue weighted by atomic mass is 16.5. The average molecular weight is 276 g/mol. The van der Waals surface area contributed by atoms with Crippen molar-refractivity contribution in [2.75, 3.05) is 14.2 Å². The van der Waals surface area contributed by atoms with Crippen LogP contribution < -0.4 is 20.7 Å². The normalized spacial score (nSPS) is 12.2. The van der Waals surface area contributed by atoms with E-state index in [1.54, 1.807) is 20.4 Å². The van der Waals surface area contributed by atoms with Crippen LogP contribution in [0.4, 0.5) is 0 Å². The van der Waals surface area contributed by atoms with Gasteiger partial charge in [-0.25, -0.2) is 4.98 Å². The molecular formula is C14H20N4O2. The minimum Gasteiger partial charge on any atom is -0.497 e. The smallest absolute Gasteiger partial charge is 0.123 e. The maximum absolute atomic E-state index is 5.70. The van der Waals surface area contributed by atoms with Crippen LogP contribution in [0, 0.1) is 0 Å². The van der Waals surface area contributed by atoms with E-state index in [1.165, 1.54) is 0 Å². The van der Waals surface area contributed by atoms with Gasteiger partial charge in [-0.1, -0.05) is 0 Å². The molecule has 3 N–H and O–H groups in total. The summed E-state index contributed by atoms with van der Waals surface area (Å²) in [6.45, 7) is 0. The fourth-order valence-electron chi connectivity index (χ4n) is 2.15. The third-order valence-corrected chi connectivity index (χ3v) is 3.32. The Morgan fingerprint density at radius 3 is 2.70 bits per heavy atom. The maximum atomic E-state index is 5.70. The third-order valence-electron chi connectivity index (χ3n) is 3.32. The van der Waals surface area contributed by atoms with E-state index in [0.717, 1.165) is 22.9 Å². The quantitative estimate of drug-likeness (QED) is 0.612. The number of nitrogens with two attached hydrogens (primary N) is 1. The second-order valence-corrected chi connectivity index (χ2v) is 4.49. The second-order valence-electron chi connectivity index (χ2n) is 4.49. The summed E-state index contributed by atoms with van der Waals surface area (Å²) >= 11 is 0. The summed E-state index contributed by atoms with van der Waals surface area (Å²) in [5.74, 6) is 8.18. The zero-order chi connectivity index (χ0) is 14.5. The molecule has 2 rings (SSSR count). The molecule has 0 spiro atoms. The predicted octanol–water partition coefficient (Wildman–Crippen LogP) is 1.18. The van der Waals surface area contributed by atoms with E-state index < -0.39 is 0 Å². The van der Waals surface area contributed by atoms with Gasteiger partial charge in [-0.2, -0.15) is 0 Å². The summed E-state index contributed by atoms with van der Waals surface area (Å²) in [4.78, 5) is 4.32. The number of benzene rings is 1. The summed E-state index contributed by atoms with van der Waals surface area (Å²) in [7, 11) is 5.23. The molecule has 0 saturated heterocycles. The molecule has 1 atom stereocenters. The number of nitrogens with one attached hydrogen (secondary N) is 1. The van der Waals surface area contributed by atoms with Gasteiger partial charge < -0.3 is 14.0 Å².